The molecule has 0 bridgehead atoms. The van der Waals surface area contributed by atoms with Gasteiger partial charge in [-0.25, -0.2) is 9.78 Å². The van der Waals surface area contributed by atoms with E-state index in [4.69, 9.17) is 26.2 Å². The standard InChI is InChI=1S/C12H17ClN2O4/c1-18-5-6-19-4-2-3-14-11-10(13)7-9(8-15-11)12(16)17/h7-8H,2-6H2,1H3,(H,14,15)(H,16,17). The van der Waals surface area contributed by atoms with E-state index in [0.717, 1.165) is 6.42 Å². The Morgan fingerprint density at radius 3 is 2.89 bits per heavy atom. The van der Waals surface area contributed by atoms with Crippen LogP contribution in [0.3, 0.4) is 0 Å². The zero-order valence-electron chi connectivity index (χ0n) is 10.7. The topological polar surface area (TPSA) is 80.7 Å². The molecule has 1 aromatic heterocycles. The average Bonchev–Trinajstić information content (AvgIpc) is 2.39. The molecule has 1 heterocycles. The largest absolute Gasteiger partial charge is 0.478 e. The van der Waals surface area contributed by atoms with Gasteiger partial charge in [0, 0.05) is 26.5 Å². The zero-order chi connectivity index (χ0) is 14.1. The van der Waals surface area contributed by atoms with Crippen LogP contribution in [-0.4, -0.2) is 49.5 Å². The average molecular weight is 289 g/mol. The van der Waals surface area contributed by atoms with Crippen molar-refractivity contribution in [2.45, 2.75) is 6.42 Å². The maximum absolute atomic E-state index is 10.7. The predicted octanol–water partition coefficient (Wildman–Crippen LogP) is 1.90. The lowest BCUT2D eigenvalue weighted by Crippen LogP contribution is -2.10. The Morgan fingerprint density at radius 1 is 1.47 bits per heavy atom. The number of ether oxygens (including phenoxy) is 2. The number of anilines is 1. The van der Waals surface area contributed by atoms with Gasteiger partial charge in [-0.05, 0) is 12.5 Å². The monoisotopic (exact) mass is 288 g/mol. The van der Waals surface area contributed by atoms with Crippen molar-refractivity contribution < 1.29 is 19.4 Å². The summed E-state index contributed by atoms with van der Waals surface area (Å²) in [7, 11) is 1.62. The third-order valence-corrected chi connectivity index (χ3v) is 2.57. The number of methoxy groups -OCH3 is 1. The number of nitrogens with zero attached hydrogens (tertiary/aromatic N) is 1. The van der Waals surface area contributed by atoms with Crippen LogP contribution in [0.4, 0.5) is 5.82 Å². The second-order valence-electron chi connectivity index (χ2n) is 3.75. The molecule has 1 aromatic rings. The van der Waals surface area contributed by atoms with Crippen LogP contribution >= 0.6 is 11.6 Å². The summed E-state index contributed by atoms with van der Waals surface area (Å²) < 4.78 is 10.1. The number of carboxylic acid groups (broad SMARTS) is 1. The van der Waals surface area contributed by atoms with E-state index in [1.54, 1.807) is 7.11 Å². The third-order valence-electron chi connectivity index (χ3n) is 2.28. The smallest absolute Gasteiger partial charge is 0.337 e. The fourth-order valence-corrected chi connectivity index (χ4v) is 1.54. The molecule has 19 heavy (non-hydrogen) atoms. The fraction of sp³-hybridized carbons (Fsp3) is 0.500. The molecule has 0 aliphatic heterocycles. The van der Waals surface area contributed by atoms with E-state index in [1.807, 2.05) is 0 Å². The molecule has 0 radical (unpaired) electrons. The maximum atomic E-state index is 10.7. The first-order valence-electron chi connectivity index (χ1n) is 5.84. The lowest BCUT2D eigenvalue weighted by atomic mass is 10.3. The highest BCUT2D eigenvalue weighted by atomic mass is 35.5. The summed E-state index contributed by atoms with van der Waals surface area (Å²) in [6.45, 7) is 2.41. The van der Waals surface area contributed by atoms with Gasteiger partial charge in [0.1, 0.15) is 5.82 Å². The van der Waals surface area contributed by atoms with Crippen molar-refractivity contribution >= 4 is 23.4 Å². The Labute approximate surface area is 116 Å². The zero-order valence-corrected chi connectivity index (χ0v) is 11.4. The van der Waals surface area contributed by atoms with Crippen molar-refractivity contribution in [1.82, 2.24) is 4.98 Å². The fourth-order valence-electron chi connectivity index (χ4n) is 1.31. The number of halogens is 1. The molecule has 6 nitrogen and oxygen atoms in total. The second-order valence-corrected chi connectivity index (χ2v) is 4.15. The van der Waals surface area contributed by atoms with Crippen molar-refractivity contribution in [3.8, 4) is 0 Å². The van der Waals surface area contributed by atoms with Crippen LogP contribution in [-0.2, 0) is 9.47 Å². The van der Waals surface area contributed by atoms with E-state index in [2.05, 4.69) is 10.3 Å². The van der Waals surface area contributed by atoms with Gasteiger partial charge in [-0.15, -0.1) is 0 Å². The minimum atomic E-state index is -1.05. The molecule has 0 saturated heterocycles. The molecule has 0 fully saturated rings. The Morgan fingerprint density at radius 2 is 2.26 bits per heavy atom. The number of rotatable bonds is 9. The van der Waals surface area contributed by atoms with Crippen LogP contribution in [0.25, 0.3) is 0 Å². The number of aromatic carboxylic acids is 1. The van der Waals surface area contributed by atoms with Crippen molar-refractivity contribution in [1.29, 1.82) is 0 Å². The minimum Gasteiger partial charge on any atom is -0.478 e. The first-order valence-corrected chi connectivity index (χ1v) is 6.22. The van der Waals surface area contributed by atoms with E-state index in [-0.39, 0.29) is 5.56 Å². The van der Waals surface area contributed by atoms with Crippen LogP contribution in [0.5, 0.6) is 0 Å². The van der Waals surface area contributed by atoms with Crippen LogP contribution in [0.2, 0.25) is 5.02 Å². The molecule has 0 spiro atoms. The van der Waals surface area contributed by atoms with Gasteiger partial charge in [0.2, 0.25) is 0 Å². The number of pyridine rings is 1. The van der Waals surface area contributed by atoms with E-state index < -0.39 is 5.97 Å². The van der Waals surface area contributed by atoms with E-state index in [0.29, 0.717) is 37.2 Å². The molecule has 0 unspecified atom stereocenters. The number of carbonyl (C=O) groups is 1. The Kier molecular flexibility index (Phi) is 7.17. The van der Waals surface area contributed by atoms with Crippen LogP contribution in [0, 0.1) is 0 Å². The van der Waals surface area contributed by atoms with Gasteiger partial charge >= 0.3 is 5.97 Å². The van der Waals surface area contributed by atoms with Gasteiger partial charge in [0.15, 0.2) is 0 Å². The molecule has 0 aromatic carbocycles. The molecule has 1 rings (SSSR count). The first-order chi connectivity index (χ1) is 9.15. The number of aromatic nitrogens is 1. The van der Waals surface area contributed by atoms with E-state index >= 15 is 0 Å². The summed E-state index contributed by atoms with van der Waals surface area (Å²) in [5, 5.41) is 12.1. The summed E-state index contributed by atoms with van der Waals surface area (Å²) in [6, 6.07) is 1.37. The normalized spacial score (nSPS) is 10.4. The highest BCUT2D eigenvalue weighted by molar-refractivity contribution is 6.33. The molecule has 106 valence electrons. The summed E-state index contributed by atoms with van der Waals surface area (Å²) >= 11 is 5.92. The minimum absolute atomic E-state index is 0.0680. The van der Waals surface area contributed by atoms with Crippen molar-refractivity contribution in [2.24, 2.45) is 0 Å². The second kappa shape index (κ2) is 8.68. The summed E-state index contributed by atoms with van der Waals surface area (Å²) in [6.07, 6.45) is 2.06. The summed E-state index contributed by atoms with van der Waals surface area (Å²) in [4.78, 5) is 14.7. The molecular weight excluding hydrogens is 272 g/mol. The quantitative estimate of drug-likeness (QED) is 0.676. The van der Waals surface area contributed by atoms with Gasteiger partial charge in [0.05, 0.1) is 23.8 Å². The van der Waals surface area contributed by atoms with Gasteiger partial charge < -0.3 is 19.9 Å². The van der Waals surface area contributed by atoms with Crippen molar-refractivity contribution in [3.05, 3.63) is 22.8 Å². The van der Waals surface area contributed by atoms with E-state index in [1.165, 1.54) is 12.3 Å². The first kappa shape index (κ1) is 15.7. The Bertz CT molecular complexity index is 415. The lowest BCUT2D eigenvalue weighted by molar-refractivity contribution is 0.0696. The molecular formula is C12H17ClN2O4. The molecule has 7 heteroatoms. The van der Waals surface area contributed by atoms with Crippen molar-refractivity contribution in [3.63, 3.8) is 0 Å². The van der Waals surface area contributed by atoms with Gasteiger partial charge in [-0.3, -0.25) is 0 Å². The van der Waals surface area contributed by atoms with Crippen LogP contribution in [0.15, 0.2) is 12.3 Å². The number of hydrogen-bond acceptors (Lipinski definition) is 5. The van der Waals surface area contributed by atoms with E-state index in [9.17, 15) is 4.79 Å². The summed E-state index contributed by atoms with van der Waals surface area (Å²) in [5.41, 5.74) is 0.0680. The molecule has 0 aliphatic carbocycles. The summed E-state index contributed by atoms with van der Waals surface area (Å²) in [5.74, 6) is -0.573. The molecule has 0 atom stereocenters. The van der Waals surface area contributed by atoms with Gasteiger partial charge in [0.25, 0.3) is 0 Å². The number of carboxylic acids is 1. The Balaban J connectivity index is 2.28. The lowest BCUT2D eigenvalue weighted by Gasteiger charge is -2.08. The van der Waals surface area contributed by atoms with Gasteiger partial charge in [-0.1, -0.05) is 11.6 Å². The highest BCUT2D eigenvalue weighted by Crippen LogP contribution is 2.19. The Hall–Kier alpha value is -1.37. The maximum Gasteiger partial charge on any atom is 0.337 e. The highest BCUT2D eigenvalue weighted by Gasteiger charge is 2.07. The van der Waals surface area contributed by atoms with Gasteiger partial charge in [-0.2, -0.15) is 0 Å². The van der Waals surface area contributed by atoms with Crippen molar-refractivity contribution in [2.75, 3.05) is 38.8 Å². The molecule has 0 aliphatic rings. The van der Waals surface area contributed by atoms with Crippen LogP contribution < -0.4 is 5.32 Å². The van der Waals surface area contributed by atoms with Crippen LogP contribution in [0.1, 0.15) is 16.8 Å². The number of hydrogen-bond donors (Lipinski definition) is 2. The predicted molar refractivity (Wildman–Crippen MR) is 72.0 cm³/mol. The molecule has 2 N–H and O–H groups in total. The molecule has 0 amide bonds. The third kappa shape index (κ3) is 5.87. The SMILES string of the molecule is COCCOCCCNc1ncc(C(=O)O)cc1Cl. The molecule has 0 saturated carbocycles. The number of nitrogens with one attached hydrogen (secondary N) is 1.